The number of hydrogen-bond donors (Lipinski definition) is 0. The van der Waals surface area contributed by atoms with Gasteiger partial charge in [-0.25, -0.2) is 0 Å². The topological polar surface area (TPSA) is 51.2 Å². The van der Waals surface area contributed by atoms with Crippen LogP contribution in [0.15, 0.2) is 18.2 Å². The first-order valence-corrected chi connectivity index (χ1v) is 7.21. The largest absolute Gasteiger partial charge is 0.299 e. The van der Waals surface area contributed by atoms with Crippen LogP contribution < -0.4 is 0 Å². The van der Waals surface area contributed by atoms with E-state index in [1.807, 2.05) is 12.1 Å². The van der Waals surface area contributed by atoms with Gasteiger partial charge in [-0.2, -0.15) is 0 Å². The molecule has 0 bridgehead atoms. The first kappa shape index (κ1) is 14.6. The molecule has 0 spiro atoms. The highest BCUT2D eigenvalue weighted by Gasteiger charge is 2.27. The Labute approximate surface area is 119 Å². The third kappa shape index (κ3) is 2.87. The van der Waals surface area contributed by atoms with Crippen molar-refractivity contribution in [1.29, 1.82) is 0 Å². The highest BCUT2D eigenvalue weighted by atomic mass is 16.2. The molecule has 0 saturated heterocycles. The van der Waals surface area contributed by atoms with Crippen LogP contribution in [0, 0.1) is 5.92 Å². The Morgan fingerprint density at radius 3 is 2.60 bits per heavy atom. The van der Waals surface area contributed by atoms with Crippen molar-refractivity contribution in [3.63, 3.8) is 0 Å². The molecular formula is C17H20O3. The standard InChI is InChI=1S/C17H20O3/c1-3-16(19)15(11(2)18)10-17(20)14-9-5-7-12-6-4-8-13(12)14/h5,7,9,15H,3-4,6,8,10H2,1-2H3. The van der Waals surface area contributed by atoms with Crippen LogP contribution in [0.5, 0.6) is 0 Å². The number of rotatable bonds is 6. The third-order valence-electron chi connectivity index (χ3n) is 4.06. The van der Waals surface area contributed by atoms with Gasteiger partial charge in [-0.3, -0.25) is 14.4 Å². The van der Waals surface area contributed by atoms with Crippen molar-refractivity contribution in [2.45, 2.75) is 46.0 Å². The second-order valence-corrected chi connectivity index (χ2v) is 5.41. The molecule has 0 aromatic heterocycles. The zero-order valence-electron chi connectivity index (χ0n) is 12.1. The molecule has 0 aliphatic heterocycles. The van der Waals surface area contributed by atoms with Gasteiger partial charge in [0.15, 0.2) is 5.78 Å². The second-order valence-electron chi connectivity index (χ2n) is 5.41. The fourth-order valence-electron chi connectivity index (χ4n) is 2.91. The molecule has 3 nitrogen and oxygen atoms in total. The summed E-state index contributed by atoms with van der Waals surface area (Å²) in [6.45, 7) is 3.11. The molecule has 1 atom stereocenters. The van der Waals surface area contributed by atoms with Gasteiger partial charge in [-0.1, -0.05) is 25.1 Å². The Morgan fingerprint density at radius 2 is 1.95 bits per heavy atom. The number of carbonyl (C=O) groups excluding carboxylic acids is 3. The van der Waals surface area contributed by atoms with Crippen molar-refractivity contribution in [2.75, 3.05) is 0 Å². The maximum absolute atomic E-state index is 12.4. The average Bonchev–Trinajstić information content (AvgIpc) is 2.91. The molecule has 1 aliphatic rings. The van der Waals surface area contributed by atoms with E-state index < -0.39 is 5.92 Å². The number of fused-ring (bicyclic) bond motifs is 1. The maximum Gasteiger partial charge on any atom is 0.164 e. The summed E-state index contributed by atoms with van der Waals surface area (Å²) in [5.74, 6) is -1.20. The van der Waals surface area contributed by atoms with Gasteiger partial charge >= 0.3 is 0 Å². The summed E-state index contributed by atoms with van der Waals surface area (Å²) in [6.07, 6.45) is 3.32. The smallest absolute Gasteiger partial charge is 0.164 e. The second kappa shape index (κ2) is 6.12. The summed E-state index contributed by atoms with van der Waals surface area (Å²) >= 11 is 0. The molecule has 1 aromatic carbocycles. The van der Waals surface area contributed by atoms with Crippen molar-refractivity contribution in [3.8, 4) is 0 Å². The van der Waals surface area contributed by atoms with Crippen molar-refractivity contribution < 1.29 is 14.4 Å². The van der Waals surface area contributed by atoms with Crippen LogP contribution in [0.1, 0.15) is 54.6 Å². The van der Waals surface area contributed by atoms with Crippen molar-refractivity contribution >= 4 is 17.3 Å². The van der Waals surface area contributed by atoms with E-state index in [9.17, 15) is 14.4 Å². The van der Waals surface area contributed by atoms with Crippen molar-refractivity contribution in [3.05, 3.63) is 34.9 Å². The van der Waals surface area contributed by atoms with Crippen LogP contribution in [0.25, 0.3) is 0 Å². The van der Waals surface area contributed by atoms with Gasteiger partial charge in [0, 0.05) is 18.4 Å². The van der Waals surface area contributed by atoms with Crippen molar-refractivity contribution in [2.24, 2.45) is 5.92 Å². The Hall–Kier alpha value is -1.77. The Kier molecular flexibility index (Phi) is 4.48. The molecule has 20 heavy (non-hydrogen) atoms. The zero-order valence-corrected chi connectivity index (χ0v) is 12.1. The highest BCUT2D eigenvalue weighted by molar-refractivity contribution is 6.08. The molecule has 0 fully saturated rings. The van der Waals surface area contributed by atoms with Gasteiger partial charge < -0.3 is 0 Å². The van der Waals surface area contributed by atoms with Crippen LogP contribution in [-0.2, 0) is 22.4 Å². The number of carbonyl (C=O) groups is 3. The van der Waals surface area contributed by atoms with Gasteiger partial charge in [0.05, 0.1) is 5.92 Å². The summed E-state index contributed by atoms with van der Waals surface area (Å²) in [5, 5.41) is 0. The lowest BCUT2D eigenvalue weighted by atomic mass is 9.88. The summed E-state index contributed by atoms with van der Waals surface area (Å²) in [7, 11) is 0. The van der Waals surface area contributed by atoms with E-state index in [-0.39, 0.29) is 23.8 Å². The molecule has 1 aliphatic carbocycles. The predicted molar refractivity (Wildman–Crippen MR) is 76.9 cm³/mol. The maximum atomic E-state index is 12.4. The lowest BCUT2D eigenvalue weighted by Gasteiger charge is -2.12. The van der Waals surface area contributed by atoms with E-state index in [0.29, 0.717) is 12.0 Å². The molecule has 0 N–H and O–H groups in total. The summed E-state index contributed by atoms with van der Waals surface area (Å²) in [5.41, 5.74) is 3.05. The third-order valence-corrected chi connectivity index (χ3v) is 4.06. The summed E-state index contributed by atoms with van der Waals surface area (Å²) in [4.78, 5) is 35.8. The van der Waals surface area contributed by atoms with Gasteiger partial charge in [-0.15, -0.1) is 0 Å². The Morgan fingerprint density at radius 1 is 1.20 bits per heavy atom. The van der Waals surface area contributed by atoms with E-state index in [1.165, 1.54) is 12.5 Å². The van der Waals surface area contributed by atoms with E-state index in [4.69, 9.17) is 0 Å². The first-order chi connectivity index (χ1) is 9.54. The number of aryl methyl sites for hydroxylation is 1. The molecule has 1 unspecified atom stereocenters. The molecule has 106 valence electrons. The Balaban J connectivity index is 2.22. The van der Waals surface area contributed by atoms with Gasteiger partial charge in [0.1, 0.15) is 11.6 Å². The molecule has 0 saturated carbocycles. The minimum atomic E-state index is -0.773. The molecule has 0 heterocycles. The van der Waals surface area contributed by atoms with Crippen molar-refractivity contribution in [1.82, 2.24) is 0 Å². The first-order valence-electron chi connectivity index (χ1n) is 7.21. The van der Waals surface area contributed by atoms with E-state index in [2.05, 4.69) is 6.07 Å². The van der Waals surface area contributed by atoms with Crippen LogP contribution in [0.2, 0.25) is 0 Å². The summed E-state index contributed by atoms with van der Waals surface area (Å²) < 4.78 is 0. The lowest BCUT2D eigenvalue weighted by molar-refractivity contribution is -0.131. The van der Waals surface area contributed by atoms with Crippen LogP contribution in [0.3, 0.4) is 0 Å². The quantitative estimate of drug-likeness (QED) is 0.591. The summed E-state index contributed by atoms with van der Waals surface area (Å²) in [6, 6.07) is 5.76. The molecule has 1 aromatic rings. The van der Waals surface area contributed by atoms with Gasteiger partial charge in [0.2, 0.25) is 0 Å². The fraction of sp³-hybridized carbons (Fsp3) is 0.471. The zero-order chi connectivity index (χ0) is 14.7. The molecular weight excluding hydrogens is 252 g/mol. The minimum Gasteiger partial charge on any atom is -0.299 e. The number of Topliss-reactive ketones (excluding diaryl/α,β-unsaturated/α-hetero) is 3. The van der Waals surface area contributed by atoms with Gasteiger partial charge in [-0.05, 0) is 37.3 Å². The van der Waals surface area contributed by atoms with Crippen LogP contribution in [0.4, 0.5) is 0 Å². The lowest BCUT2D eigenvalue weighted by Crippen LogP contribution is -2.25. The molecule has 0 radical (unpaired) electrons. The van der Waals surface area contributed by atoms with Gasteiger partial charge in [0.25, 0.3) is 0 Å². The molecule has 0 amide bonds. The number of benzene rings is 1. The predicted octanol–water partition coefficient (Wildman–Crippen LogP) is 2.93. The average molecular weight is 272 g/mol. The van der Waals surface area contributed by atoms with Crippen LogP contribution >= 0.6 is 0 Å². The monoisotopic (exact) mass is 272 g/mol. The minimum absolute atomic E-state index is 0.0124. The van der Waals surface area contributed by atoms with E-state index >= 15 is 0 Å². The highest BCUT2D eigenvalue weighted by Crippen LogP contribution is 2.27. The number of hydrogen-bond acceptors (Lipinski definition) is 3. The molecule has 2 rings (SSSR count). The SMILES string of the molecule is CCC(=O)C(CC(=O)c1cccc2c1CCC2)C(C)=O. The molecule has 3 heteroatoms. The van der Waals surface area contributed by atoms with E-state index in [1.54, 1.807) is 6.92 Å². The normalized spacial score (nSPS) is 14.7. The fourth-order valence-corrected chi connectivity index (χ4v) is 2.91. The number of ketones is 3. The Bertz CT molecular complexity index is 557. The van der Waals surface area contributed by atoms with Crippen LogP contribution in [-0.4, -0.2) is 17.3 Å². The van der Waals surface area contributed by atoms with E-state index in [0.717, 1.165) is 24.8 Å².